The maximum atomic E-state index is 10.7. The van der Waals surface area contributed by atoms with Crippen molar-refractivity contribution in [3.8, 4) is 0 Å². The summed E-state index contributed by atoms with van der Waals surface area (Å²) >= 11 is 0. The predicted octanol–water partition coefficient (Wildman–Crippen LogP) is 0.699. The number of aliphatic hydroxyl groups is 1. The number of nitrogens with zero attached hydrogens (tertiary/aromatic N) is 3. The second-order valence-electron chi connectivity index (χ2n) is 2.56. The highest BCUT2D eigenvalue weighted by atomic mass is 16.3. The minimum atomic E-state index is -0.671. The number of carbonyl (C=O) groups excluding carboxylic acids is 1. The summed E-state index contributed by atoms with van der Waals surface area (Å²) in [5.41, 5.74) is 0. The Bertz CT molecular complexity index is 247. The first-order chi connectivity index (χ1) is 5.65. The van der Waals surface area contributed by atoms with E-state index < -0.39 is 5.91 Å². The van der Waals surface area contributed by atoms with Gasteiger partial charge in [-0.3, -0.25) is 9.69 Å². The van der Waals surface area contributed by atoms with Crippen LogP contribution in [0.15, 0.2) is 22.1 Å². The smallest absolute Gasteiger partial charge is 0.329 e. The van der Waals surface area contributed by atoms with Gasteiger partial charge in [0.05, 0.1) is 0 Å². The van der Waals surface area contributed by atoms with Gasteiger partial charge in [0.25, 0.3) is 0 Å². The van der Waals surface area contributed by atoms with E-state index in [2.05, 4.69) is 10.2 Å². The van der Waals surface area contributed by atoms with E-state index in [0.29, 0.717) is 0 Å². The Hall–Kier alpha value is -1.23. The van der Waals surface area contributed by atoms with E-state index in [1.54, 1.807) is 0 Å². The van der Waals surface area contributed by atoms with E-state index in [4.69, 9.17) is 5.11 Å². The molecule has 0 aromatic carbocycles. The van der Waals surface area contributed by atoms with E-state index in [0.717, 1.165) is 6.54 Å². The molecule has 0 aromatic heterocycles. The van der Waals surface area contributed by atoms with Crippen LogP contribution in [0.2, 0.25) is 0 Å². The normalized spacial score (nSPS) is 23.1. The van der Waals surface area contributed by atoms with Gasteiger partial charge in [-0.2, -0.15) is 5.11 Å². The van der Waals surface area contributed by atoms with Crippen LogP contribution in [0.3, 0.4) is 0 Å². The number of carbonyl (C=O) groups is 1. The van der Waals surface area contributed by atoms with Gasteiger partial charge in [0.15, 0.2) is 5.76 Å². The van der Waals surface area contributed by atoms with Crippen LogP contribution in [-0.2, 0) is 4.79 Å². The second-order valence-corrected chi connectivity index (χ2v) is 2.56. The number of hydrogen-bond acceptors (Lipinski definition) is 4. The maximum Gasteiger partial charge on any atom is 0.329 e. The molecule has 0 fully saturated rings. The quantitative estimate of drug-likeness (QED) is 0.661. The molecule has 0 saturated heterocycles. The first-order valence-corrected chi connectivity index (χ1v) is 3.71. The van der Waals surface area contributed by atoms with E-state index in [-0.39, 0.29) is 11.9 Å². The minimum absolute atomic E-state index is 0.312. The lowest BCUT2D eigenvalue weighted by Gasteiger charge is -2.20. The van der Waals surface area contributed by atoms with Gasteiger partial charge in [0.2, 0.25) is 0 Å². The fourth-order valence-corrected chi connectivity index (χ4v) is 0.811. The van der Waals surface area contributed by atoms with Crippen molar-refractivity contribution in [2.75, 3.05) is 13.6 Å². The van der Waals surface area contributed by atoms with Crippen molar-refractivity contribution in [3.05, 3.63) is 11.8 Å². The molecule has 0 saturated carbocycles. The lowest BCUT2D eigenvalue weighted by atomic mass is 10.3. The van der Waals surface area contributed by atoms with Crippen LogP contribution in [-0.4, -0.2) is 35.7 Å². The van der Waals surface area contributed by atoms with Gasteiger partial charge in [-0.1, -0.05) is 6.92 Å². The summed E-state index contributed by atoms with van der Waals surface area (Å²) in [5, 5.41) is 16.0. The van der Waals surface area contributed by atoms with Crippen LogP contribution in [0.5, 0.6) is 0 Å². The average molecular weight is 169 g/mol. The molecule has 12 heavy (non-hydrogen) atoms. The Morgan fingerprint density at radius 3 is 2.92 bits per heavy atom. The molecule has 0 bridgehead atoms. The van der Waals surface area contributed by atoms with Crippen LogP contribution in [0, 0.1) is 0 Å². The Kier molecular flexibility index (Phi) is 2.54. The van der Waals surface area contributed by atoms with Gasteiger partial charge in [-0.15, -0.1) is 5.11 Å². The molecule has 5 heteroatoms. The molecule has 66 valence electrons. The summed E-state index contributed by atoms with van der Waals surface area (Å²) in [6.07, 6.45) is 1.08. The topological polar surface area (TPSA) is 65.3 Å². The first kappa shape index (κ1) is 8.86. The van der Waals surface area contributed by atoms with E-state index >= 15 is 0 Å². The third-order valence-electron chi connectivity index (χ3n) is 1.74. The molecule has 0 aromatic rings. The molecule has 1 rings (SSSR count). The largest absolute Gasteiger partial charge is 0.503 e. The molecule has 0 spiro atoms. The molecule has 1 heterocycles. The molecular formula is C7H11N3O2. The van der Waals surface area contributed by atoms with Gasteiger partial charge in [-0.05, 0) is 13.6 Å². The SMILES string of the molecule is CCN(C)C1C=C(O)C(=O)N=N1. The Morgan fingerprint density at radius 2 is 2.42 bits per heavy atom. The average Bonchev–Trinajstić information content (AvgIpc) is 2.08. The molecule has 1 aliphatic rings. The molecule has 1 N–H and O–H groups in total. The van der Waals surface area contributed by atoms with Crippen molar-refractivity contribution < 1.29 is 9.90 Å². The first-order valence-electron chi connectivity index (χ1n) is 3.71. The number of aliphatic hydroxyl groups excluding tert-OH is 1. The predicted molar refractivity (Wildman–Crippen MR) is 42.7 cm³/mol. The van der Waals surface area contributed by atoms with Gasteiger partial charge in [0, 0.05) is 6.08 Å². The Morgan fingerprint density at radius 1 is 1.75 bits per heavy atom. The lowest BCUT2D eigenvalue weighted by Crippen LogP contribution is -2.30. The zero-order valence-electron chi connectivity index (χ0n) is 7.06. The molecule has 1 aliphatic heterocycles. The van der Waals surface area contributed by atoms with Gasteiger partial charge >= 0.3 is 5.91 Å². The molecule has 1 atom stereocenters. The highest BCUT2D eigenvalue weighted by Crippen LogP contribution is 2.10. The lowest BCUT2D eigenvalue weighted by molar-refractivity contribution is -0.117. The van der Waals surface area contributed by atoms with Crippen molar-refractivity contribution in [1.82, 2.24) is 4.90 Å². The molecule has 0 radical (unpaired) electrons. The third-order valence-corrected chi connectivity index (χ3v) is 1.74. The van der Waals surface area contributed by atoms with Crippen molar-refractivity contribution >= 4 is 5.91 Å². The number of likely N-dealkylation sites (N-methyl/N-ethyl adjacent to an activating group) is 1. The molecule has 1 amide bonds. The fourth-order valence-electron chi connectivity index (χ4n) is 0.811. The van der Waals surface area contributed by atoms with E-state index in [9.17, 15) is 4.79 Å². The summed E-state index contributed by atoms with van der Waals surface area (Å²) in [4.78, 5) is 12.5. The number of rotatable bonds is 2. The fraction of sp³-hybridized carbons (Fsp3) is 0.571. The molecule has 5 nitrogen and oxygen atoms in total. The molecule has 1 unspecified atom stereocenters. The summed E-state index contributed by atoms with van der Waals surface area (Å²) < 4.78 is 0. The maximum absolute atomic E-state index is 10.7. The van der Waals surface area contributed by atoms with Crippen molar-refractivity contribution in [1.29, 1.82) is 0 Å². The number of azo groups is 1. The minimum Gasteiger partial charge on any atom is -0.503 e. The van der Waals surface area contributed by atoms with E-state index in [1.165, 1.54) is 6.08 Å². The molecular weight excluding hydrogens is 158 g/mol. The summed E-state index contributed by atoms with van der Waals surface area (Å²) in [6.45, 7) is 2.73. The van der Waals surface area contributed by atoms with Gasteiger partial charge in [0.1, 0.15) is 6.17 Å². The van der Waals surface area contributed by atoms with Crippen molar-refractivity contribution in [2.45, 2.75) is 13.1 Å². The standard InChI is InChI=1S/C7H11N3O2/c1-3-10(2)6-4-5(11)7(12)9-8-6/h4,6,11H,3H2,1-2H3. The third kappa shape index (κ3) is 1.68. The van der Waals surface area contributed by atoms with Crippen molar-refractivity contribution in [2.24, 2.45) is 10.2 Å². The van der Waals surface area contributed by atoms with Crippen molar-refractivity contribution in [3.63, 3.8) is 0 Å². The monoisotopic (exact) mass is 169 g/mol. The van der Waals surface area contributed by atoms with Crippen LogP contribution in [0.25, 0.3) is 0 Å². The number of hydrogen-bond donors (Lipinski definition) is 1. The van der Waals surface area contributed by atoms with Crippen LogP contribution in [0.1, 0.15) is 6.92 Å². The van der Waals surface area contributed by atoms with Gasteiger partial charge < -0.3 is 5.11 Å². The Labute approximate surface area is 70.4 Å². The summed E-state index contributed by atoms with van der Waals surface area (Å²) in [5.74, 6) is -0.994. The highest BCUT2D eigenvalue weighted by Gasteiger charge is 2.19. The zero-order chi connectivity index (χ0) is 9.14. The van der Waals surface area contributed by atoms with Gasteiger partial charge in [-0.25, -0.2) is 0 Å². The zero-order valence-corrected chi connectivity index (χ0v) is 7.06. The van der Waals surface area contributed by atoms with Crippen LogP contribution >= 0.6 is 0 Å². The van der Waals surface area contributed by atoms with Crippen LogP contribution in [0.4, 0.5) is 0 Å². The second kappa shape index (κ2) is 3.44. The Balaban J connectivity index is 2.72. The van der Waals surface area contributed by atoms with Crippen LogP contribution < -0.4 is 0 Å². The highest BCUT2D eigenvalue weighted by molar-refractivity contribution is 5.91. The summed E-state index contributed by atoms with van der Waals surface area (Å²) in [7, 11) is 1.84. The van der Waals surface area contributed by atoms with E-state index in [1.807, 2.05) is 18.9 Å². The summed E-state index contributed by atoms with van der Waals surface area (Å²) in [6, 6.07) is 0. The molecule has 0 aliphatic carbocycles. The number of amides is 1.